The minimum Gasteiger partial charge on any atom is -0.496 e. The first-order valence-electron chi connectivity index (χ1n) is 6.35. The van der Waals surface area contributed by atoms with Gasteiger partial charge in [-0.25, -0.2) is 0 Å². The molecule has 1 unspecified atom stereocenters. The lowest BCUT2D eigenvalue weighted by atomic mass is 9.81. The molecule has 0 saturated heterocycles. The molecule has 1 saturated carbocycles. The lowest BCUT2D eigenvalue weighted by molar-refractivity contribution is 0.322. The Balaban J connectivity index is 2.35. The molecule has 0 aromatic heterocycles. The van der Waals surface area contributed by atoms with E-state index in [1.165, 1.54) is 36.8 Å². The van der Waals surface area contributed by atoms with E-state index in [2.05, 4.69) is 48.0 Å². The molecule has 1 nitrogen and oxygen atoms in total. The summed E-state index contributed by atoms with van der Waals surface area (Å²) in [6.45, 7) is 4.53. The maximum Gasteiger partial charge on any atom is 0.123 e. The van der Waals surface area contributed by atoms with E-state index >= 15 is 0 Å². The van der Waals surface area contributed by atoms with Gasteiger partial charge in [-0.1, -0.05) is 53.4 Å². The van der Waals surface area contributed by atoms with E-state index in [1.807, 2.05) is 0 Å². The first-order valence-corrected chi connectivity index (χ1v) is 7.27. The largest absolute Gasteiger partial charge is 0.496 e. The van der Waals surface area contributed by atoms with Crippen LogP contribution in [0.5, 0.6) is 5.75 Å². The van der Waals surface area contributed by atoms with Crippen molar-refractivity contribution >= 4 is 15.9 Å². The summed E-state index contributed by atoms with van der Waals surface area (Å²) in [7, 11) is 1.75. The number of alkyl halides is 1. The highest BCUT2D eigenvalue weighted by molar-refractivity contribution is 9.09. The van der Waals surface area contributed by atoms with Crippen LogP contribution in [0.3, 0.4) is 0 Å². The van der Waals surface area contributed by atoms with Crippen LogP contribution in [-0.4, -0.2) is 7.11 Å². The van der Waals surface area contributed by atoms with E-state index < -0.39 is 0 Å². The van der Waals surface area contributed by atoms with Crippen LogP contribution in [0.25, 0.3) is 0 Å². The minimum absolute atomic E-state index is 0.376. The van der Waals surface area contributed by atoms with Crippen LogP contribution in [-0.2, 0) is 0 Å². The number of methoxy groups -OCH3 is 1. The molecule has 0 bridgehead atoms. The molecule has 0 amide bonds. The molecule has 1 fully saturated rings. The first-order chi connectivity index (χ1) is 8.07. The van der Waals surface area contributed by atoms with Crippen molar-refractivity contribution in [2.24, 2.45) is 5.41 Å². The number of aryl methyl sites for hydroxylation is 1. The second-order valence-corrected chi connectivity index (χ2v) is 6.38. The molecule has 1 aromatic carbocycles. The zero-order valence-electron chi connectivity index (χ0n) is 10.9. The van der Waals surface area contributed by atoms with Crippen LogP contribution in [0.1, 0.15) is 48.6 Å². The molecule has 1 aliphatic carbocycles. The molecule has 0 N–H and O–H groups in total. The summed E-state index contributed by atoms with van der Waals surface area (Å²) in [5, 5.41) is 0. The summed E-state index contributed by atoms with van der Waals surface area (Å²) in [6, 6.07) is 6.44. The van der Waals surface area contributed by atoms with Crippen molar-refractivity contribution in [2.75, 3.05) is 7.11 Å². The van der Waals surface area contributed by atoms with Crippen molar-refractivity contribution in [1.82, 2.24) is 0 Å². The number of benzene rings is 1. The second kappa shape index (κ2) is 5.01. The van der Waals surface area contributed by atoms with E-state index in [9.17, 15) is 0 Å². The Kier molecular flexibility index (Phi) is 3.82. The smallest absolute Gasteiger partial charge is 0.123 e. The molecule has 0 spiro atoms. The summed E-state index contributed by atoms with van der Waals surface area (Å²) in [4.78, 5) is 0.396. The molecule has 1 atom stereocenters. The van der Waals surface area contributed by atoms with Gasteiger partial charge in [0.25, 0.3) is 0 Å². The van der Waals surface area contributed by atoms with Gasteiger partial charge in [-0.2, -0.15) is 0 Å². The molecular formula is C15H21BrO. The normalized spacial score (nSPS) is 20.2. The third-order valence-electron chi connectivity index (χ3n) is 4.02. The fourth-order valence-electron chi connectivity index (χ4n) is 2.86. The molecule has 1 aliphatic rings. The van der Waals surface area contributed by atoms with Gasteiger partial charge in [0.05, 0.1) is 7.11 Å². The molecule has 0 heterocycles. The Morgan fingerprint density at radius 3 is 2.53 bits per heavy atom. The Morgan fingerprint density at radius 1 is 1.29 bits per heavy atom. The van der Waals surface area contributed by atoms with Gasteiger partial charge in [0.2, 0.25) is 0 Å². The molecular weight excluding hydrogens is 276 g/mol. The van der Waals surface area contributed by atoms with Gasteiger partial charge in [0, 0.05) is 10.4 Å². The predicted octanol–water partition coefficient (Wildman–Crippen LogP) is 5.02. The highest BCUT2D eigenvalue weighted by Crippen LogP contribution is 2.53. The number of hydrogen-bond donors (Lipinski definition) is 0. The van der Waals surface area contributed by atoms with Crippen molar-refractivity contribution < 1.29 is 4.74 Å². The molecule has 0 radical (unpaired) electrons. The van der Waals surface area contributed by atoms with E-state index in [4.69, 9.17) is 4.74 Å². The van der Waals surface area contributed by atoms with Crippen molar-refractivity contribution in [3.8, 4) is 5.75 Å². The quantitative estimate of drug-likeness (QED) is 0.712. The lowest BCUT2D eigenvalue weighted by Gasteiger charge is -2.31. The first kappa shape index (κ1) is 12.9. The third kappa shape index (κ3) is 2.52. The van der Waals surface area contributed by atoms with Crippen LogP contribution in [0.15, 0.2) is 18.2 Å². The van der Waals surface area contributed by atoms with E-state index in [-0.39, 0.29) is 0 Å². The highest BCUT2D eigenvalue weighted by atomic mass is 79.9. The summed E-state index contributed by atoms with van der Waals surface area (Å²) >= 11 is 3.91. The van der Waals surface area contributed by atoms with Crippen molar-refractivity contribution in [3.05, 3.63) is 29.3 Å². The van der Waals surface area contributed by atoms with E-state index in [0.29, 0.717) is 10.2 Å². The summed E-state index contributed by atoms with van der Waals surface area (Å²) in [5.41, 5.74) is 2.98. The zero-order valence-corrected chi connectivity index (χ0v) is 12.5. The number of ether oxygens (including phenoxy) is 1. The third-order valence-corrected chi connectivity index (χ3v) is 5.61. The van der Waals surface area contributed by atoms with Gasteiger partial charge in [-0.3, -0.25) is 0 Å². The topological polar surface area (TPSA) is 9.23 Å². The molecule has 2 rings (SSSR count). The summed E-state index contributed by atoms with van der Waals surface area (Å²) < 4.78 is 5.50. The molecule has 0 aliphatic heterocycles. The Labute approximate surface area is 113 Å². The average Bonchev–Trinajstić information content (AvgIpc) is 2.76. The van der Waals surface area contributed by atoms with Gasteiger partial charge in [-0.05, 0) is 31.2 Å². The van der Waals surface area contributed by atoms with Crippen molar-refractivity contribution in [1.29, 1.82) is 0 Å². The fraction of sp³-hybridized carbons (Fsp3) is 0.600. The molecule has 2 heteroatoms. The number of rotatable bonds is 3. The standard InChI is InChI=1S/C15H21BrO/c1-11-6-7-13(17-3)12(10-11)14(16)15(2)8-4-5-9-15/h6-7,10,14H,4-5,8-9H2,1-3H3. The monoisotopic (exact) mass is 296 g/mol. The van der Waals surface area contributed by atoms with Crippen LogP contribution in [0.4, 0.5) is 0 Å². The second-order valence-electron chi connectivity index (χ2n) is 5.47. The molecule has 17 heavy (non-hydrogen) atoms. The van der Waals surface area contributed by atoms with Gasteiger partial charge in [-0.15, -0.1) is 0 Å². The predicted molar refractivity (Wildman–Crippen MR) is 76.0 cm³/mol. The fourth-order valence-corrected chi connectivity index (χ4v) is 3.68. The van der Waals surface area contributed by atoms with Crippen LogP contribution in [0.2, 0.25) is 0 Å². The van der Waals surface area contributed by atoms with E-state index in [1.54, 1.807) is 7.11 Å². The zero-order chi connectivity index (χ0) is 12.5. The Hall–Kier alpha value is -0.500. The SMILES string of the molecule is COc1ccc(C)cc1C(Br)C1(C)CCCC1. The summed E-state index contributed by atoms with van der Waals surface area (Å²) in [6.07, 6.45) is 5.32. The van der Waals surface area contributed by atoms with Crippen LogP contribution in [0, 0.1) is 12.3 Å². The minimum atomic E-state index is 0.376. The maximum absolute atomic E-state index is 5.50. The average molecular weight is 297 g/mol. The van der Waals surface area contributed by atoms with Gasteiger partial charge < -0.3 is 4.74 Å². The summed E-state index contributed by atoms with van der Waals surface area (Å²) in [5.74, 6) is 1.01. The van der Waals surface area contributed by atoms with Gasteiger partial charge >= 0.3 is 0 Å². The van der Waals surface area contributed by atoms with Crippen LogP contribution >= 0.6 is 15.9 Å². The van der Waals surface area contributed by atoms with Crippen molar-refractivity contribution in [2.45, 2.75) is 44.4 Å². The Bertz CT molecular complexity index is 394. The van der Waals surface area contributed by atoms with Gasteiger partial charge in [0.1, 0.15) is 5.75 Å². The molecule has 94 valence electrons. The molecule has 1 aromatic rings. The number of halogens is 1. The number of hydrogen-bond acceptors (Lipinski definition) is 1. The van der Waals surface area contributed by atoms with E-state index in [0.717, 1.165) is 5.75 Å². The Morgan fingerprint density at radius 2 is 1.94 bits per heavy atom. The highest BCUT2D eigenvalue weighted by Gasteiger charge is 2.37. The maximum atomic E-state index is 5.50. The van der Waals surface area contributed by atoms with Crippen molar-refractivity contribution in [3.63, 3.8) is 0 Å². The lowest BCUT2D eigenvalue weighted by Crippen LogP contribution is -2.18. The van der Waals surface area contributed by atoms with Crippen LogP contribution < -0.4 is 4.74 Å². The van der Waals surface area contributed by atoms with Gasteiger partial charge in [0.15, 0.2) is 0 Å².